The van der Waals surface area contributed by atoms with Gasteiger partial charge in [0.1, 0.15) is 11.6 Å². The molecule has 1 N–H and O–H groups in total. The van der Waals surface area contributed by atoms with Crippen LogP contribution in [0.4, 0.5) is 15.9 Å². The summed E-state index contributed by atoms with van der Waals surface area (Å²) in [5, 5.41) is 3.95. The molecular formula is C23H20ClFN4O2. The number of aromatic nitrogens is 3. The van der Waals surface area contributed by atoms with Crippen molar-refractivity contribution in [1.29, 1.82) is 0 Å². The van der Waals surface area contributed by atoms with Gasteiger partial charge in [-0.1, -0.05) is 11.6 Å². The summed E-state index contributed by atoms with van der Waals surface area (Å²) in [6.45, 7) is 3.87. The predicted octanol–water partition coefficient (Wildman–Crippen LogP) is 6.02. The Labute approximate surface area is 184 Å². The molecule has 0 saturated heterocycles. The van der Waals surface area contributed by atoms with Gasteiger partial charge in [-0.25, -0.2) is 14.4 Å². The first-order valence-electron chi connectivity index (χ1n) is 9.63. The Morgan fingerprint density at radius 2 is 1.90 bits per heavy atom. The Kier molecular flexibility index (Phi) is 5.86. The molecule has 0 aliphatic rings. The third kappa shape index (κ3) is 4.51. The highest BCUT2D eigenvalue weighted by atomic mass is 35.5. The summed E-state index contributed by atoms with van der Waals surface area (Å²) in [5.41, 5.74) is 1.99. The average molecular weight is 439 g/mol. The van der Waals surface area contributed by atoms with E-state index in [1.54, 1.807) is 31.6 Å². The summed E-state index contributed by atoms with van der Waals surface area (Å²) in [4.78, 5) is 13.5. The lowest BCUT2D eigenvalue weighted by atomic mass is 10.1. The van der Waals surface area contributed by atoms with Gasteiger partial charge < -0.3 is 14.8 Å². The number of hydrogen-bond acceptors (Lipinski definition) is 6. The van der Waals surface area contributed by atoms with Crippen LogP contribution in [-0.2, 0) is 0 Å². The van der Waals surface area contributed by atoms with Crippen LogP contribution in [0.15, 0.2) is 54.9 Å². The SMILES string of the molecule is COc1cc2nc(-c3cccnc3)nc(Nc3ccc(F)c(Cl)c3)c2cc1OC(C)C. The first-order chi connectivity index (χ1) is 14.9. The highest BCUT2D eigenvalue weighted by Gasteiger charge is 2.16. The van der Waals surface area contributed by atoms with Crippen molar-refractivity contribution < 1.29 is 13.9 Å². The molecular weight excluding hydrogens is 419 g/mol. The molecule has 0 spiro atoms. The molecule has 0 saturated carbocycles. The van der Waals surface area contributed by atoms with Crippen LogP contribution in [0, 0.1) is 5.82 Å². The van der Waals surface area contributed by atoms with Crippen LogP contribution in [0.25, 0.3) is 22.3 Å². The molecule has 0 amide bonds. The number of halogens is 2. The van der Waals surface area contributed by atoms with Crippen molar-refractivity contribution in [3.05, 3.63) is 65.7 Å². The van der Waals surface area contributed by atoms with E-state index in [1.165, 1.54) is 12.1 Å². The second-order valence-corrected chi connectivity index (χ2v) is 7.49. The van der Waals surface area contributed by atoms with Crippen LogP contribution in [0.3, 0.4) is 0 Å². The summed E-state index contributed by atoms with van der Waals surface area (Å²) in [7, 11) is 1.58. The van der Waals surface area contributed by atoms with Crippen molar-refractivity contribution >= 4 is 34.0 Å². The van der Waals surface area contributed by atoms with Crippen molar-refractivity contribution in [1.82, 2.24) is 15.0 Å². The Hall–Kier alpha value is -3.45. The largest absolute Gasteiger partial charge is 0.493 e. The van der Waals surface area contributed by atoms with Crippen LogP contribution in [-0.4, -0.2) is 28.2 Å². The van der Waals surface area contributed by atoms with Gasteiger partial charge in [0, 0.05) is 35.1 Å². The molecule has 0 aliphatic carbocycles. The molecule has 0 fully saturated rings. The van der Waals surface area contributed by atoms with Crippen LogP contribution >= 0.6 is 11.6 Å². The maximum atomic E-state index is 13.6. The van der Waals surface area contributed by atoms with E-state index in [9.17, 15) is 4.39 Å². The quantitative estimate of drug-likeness (QED) is 0.396. The van der Waals surface area contributed by atoms with Crippen LogP contribution in [0.2, 0.25) is 5.02 Å². The predicted molar refractivity (Wildman–Crippen MR) is 120 cm³/mol. The van der Waals surface area contributed by atoms with Crippen molar-refractivity contribution in [2.75, 3.05) is 12.4 Å². The minimum absolute atomic E-state index is 0.0151. The van der Waals surface area contributed by atoms with Crippen molar-refractivity contribution in [2.24, 2.45) is 0 Å². The van der Waals surface area contributed by atoms with Gasteiger partial charge in [0.15, 0.2) is 17.3 Å². The second kappa shape index (κ2) is 8.73. The van der Waals surface area contributed by atoms with E-state index in [-0.39, 0.29) is 11.1 Å². The third-order valence-corrected chi connectivity index (χ3v) is 4.74. The Bertz CT molecular complexity index is 1240. The monoisotopic (exact) mass is 438 g/mol. The van der Waals surface area contributed by atoms with E-state index >= 15 is 0 Å². The molecule has 6 nitrogen and oxygen atoms in total. The van der Waals surface area contributed by atoms with Crippen molar-refractivity contribution in [2.45, 2.75) is 20.0 Å². The first-order valence-corrected chi connectivity index (χ1v) is 10.0. The molecule has 0 unspecified atom stereocenters. The van der Waals surface area contributed by atoms with Crippen LogP contribution in [0.1, 0.15) is 13.8 Å². The highest BCUT2D eigenvalue weighted by molar-refractivity contribution is 6.31. The van der Waals surface area contributed by atoms with Gasteiger partial charge in [0.2, 0.25) is 0 Å². The third-order valence-electron chi connectivity index (χ3n) is 4.45. The molecule has 158 valence electrons. The van der Waals surface area contributed by atoms with E-state index in [4.69, 9.17) is 31.0 Å². The first kappa shape index (κ1) is 20.8. The van der Waals surface area contributed by atoms with Crippen LogP contribution < -0.4 is 14.8 Å². The number of methoxy groups -OCH3 is 1. The molecule has 2 heterocycles. The average Bonchev–Trinajstić information content (AvgIpc) is 2.76. The zero-order valence-corrected chi connectivity index (χ0v) is 17.9. The molecule has 0 aliphatic heterocycles. The van der Waals surface area contributed by atoms with Gasteiger partial charge in [-0.05, 0) is 50.2 Å². The standard InChI is InChI=1S/C23H20ClFN4O2/c1-13(2)31-21-10-16-19(11-20(21)30-3)28-22(14-5-4-8-26-12-14)29-23(16)27-15-6-7-18(25)17(24)9-15/h4-13H,1-3H3,(H,27,28,29). The molecule has 8 heteroatoms. The minimum Gasteiger partial charge on any atom is -0.493 e. The lowest BCUT2D eigenvalue weighted by Gasteiger charge is -2.16. The molecule has 2 aromatic carbocycles. The normalized spacial score (nSPS) is 11.0. The maximum Gasteiger partial charge on any atom is 0.163 e. The molecule has 4 aromatic rings. The smallest absolute Gasteiger partial charge is 0.163 e. The number of fused-ring (bicyclic) bond motifs is 1. The number of hydrogen-bond donors (Lipinski definition) is 1. The summed E-state index contributed by atoms with van der Waals surface area (Å²) in [6, 6.07) is 11.7. The highest BCUT2D eigenvalue weighted by Crippen LogP contribution is 2.37. The fourth-order valence-corrected chi connectivity index (χ4v) is 3.25. The van der Waals surface area contributed by atoms with E-state index in [0.717, 1.165) is 5.56 Å². The van der Waals surface area contributed by atoms with Gasteiger partial charge in [0.25, 0.3) is 0 Å². The van der Waals surface area contributed by atoms with Gasteiger partial charge in [-0.2, -0.15) is 0 Å². The topological polar surface area (TPSA) is 69.2 Å². The van der Waals surface area contributed by atoms with Gasteiger partial charge >= 0.3 is 0 Å². The Balaban J connectivity index is 1.91. The maximum absolute atomic E-state index is 13.6. The summed E-state index contributed by atoms with van der Waals surface area (Å²) < 4.78 is 25.0. The number of ether oxygens (including phenoxy) is 2. The van der Waals surface area contributed by atoms with Gasteiger partial charge in [-0.15, -0.1) is 0 Å². The fourth-order valence-electron chi connectivity index (χ4n) is 3.07. The Morgan fingerprint density at radius 3 is 2.58 bits per heavy atom. The van der Waals surface area contributed by atoms with E-state index in [1.807, 2.05) is 32.0 Å². The molecule has 0 bridgehead atoms. The number of nitrogens with one attached hydrogen (secondary N) is 1. The molecule has 0 atom stereocenters. The molecule has 0 radical (unpaired) electrons. The summed E-state index contributed by atoms with van der Waals surface area (Å²) >= 11 is 5.95. The number of benzene rings is 2. The van der Waals surface area contributed by atoms with Crippen LogP contribution in [0.5, 0.6) is 11.5 Å². The zero-order chi connectivity index (χ0) is 22.0. The number of rotatable bonds is 6. The van der Waals surface area contributed by atoms with Crippen molar-refractivity contribution in [3.63, 3.8) is 0 Å². The molecule has 2 aromatic heterocycles. The minimum atomic E-state index is -0.492. The van der Waals surface area contributed by atoms with E-state index in [2.05, 4.69) is 10.3 Å². The summed E-state index contributed by atoms with van der Waals surface area (Å²) in [5.74, 6) is 1.64. The lowest BCUT2D eigenvalue weighted by Crippen LogP contribution is -2.07. The fraction of sp³-hybridized carbons (Fsp3) is 0.174. The number of nitrogens with zero attached hydrogens (tertiary/aromatic N) is 3. The van der Waals surface area contributed by atoms with E-state index in [0.29, 0.717) is 39.7 Å². The second-order valence-electron chi connectivity index (χ2n) is 7.08. The number of anilines is 2. The molecule has 4 rings (SSSR count). The lowest BCUT2D eigenvalue weighted by molar-refractivity contribution is 0.230. The van der Waals surface area contributed by atoms with E-state index < -0.39 is 5.82 Å². The van der Waals surface area contributed by atoms with Gasteiger partial charge in [-0.3, -0.25) is 4.98 Å². The molecule has 31 heavy (non-hydrogen) atoms. The Morgan fingerprint density at radius 1 is 1.06 bits per heavy atom. The van der Waals surface area contributed by atoms with Crippen molar-refractivity contribution in [3.8, 4) is 22.9 Å². The zero-order valence-electron chi connectivity index (χ0n) is 17.2. The van der Waals surface area contributed by atoms with Gasteiger partial charge in [0.05, 0.1) is 23.8 Å². The summed E-state index contributed by atoms with van der Waals surface area (Å²) in [6.07, 6.45) is 3.32. The number of pyridine rings is 1.